The van der Waals surface area contributed by atoms with Gasteiger partial charge in [-0.25, -0.2) is 9.97 Å². The van der Waals surface area contributed by atoms with Gasteiger partial charge in [-0.1, -0.05) is 121 Å². The number of rotatable bonds is 4. The Morgan fingerprint density at radius 2 is 1.13 bits per heavy atom. The van der Waals surface area contributed by atoms with E-state index in [2.05, 4.69) is 156 Å². The maximum atomic E-state index is 6.51. The average molecular weight is 664 g/mol. The van der Waals surface area contributed by atoms with Gasteiger partial charge in [0.05, 0.1) is 22.2 Å². The molecule has 0 N–H and O–H groups in total. The van der Waals surface area contributed by atoms with E-state index in [0.29, 0.717) is 5.82 Å². The minimum atomic E-state index is 0.704. The molecule has 0 amide bonds. The van der Waals surface area contributed by atoms with Gasteiger partial charge in [0, 0.05) is 43.7 Å². The van der Waals surface area contributed by atoms with Crippen molar-refractivity contribution in [2.75, 3.05) is 0 Å². The van der Waals surface area contributed by atoms with Crippen LogP contribution >= 0.6 is 0 Å². The first kappa shape index (κ1) is 28.8. The highest BCUT2D eigenvalue weighted by atomic mass is 16.3. The van der Waals surface area contributed by atoms with Gasteiger partial charge in [0.25, 0.3) is 0 Å². The molecule has 0 atom stereocenters. The number of fused-ring (bicyclic) bond motifs is 9. The maximum absolute atomic E-state index is 6.51. The lowest BCUT2D eigenvalue weighted by molar-refractivity contribution is 0.669. The predicted molar refractivity (Wildman–Crippen MR) is 215 cm³/mol. The standard InChI is InChI=1S/C48H29N3O/c1-3-13-31(14-4-1)48-49-40-20-10-9-18-36(40)47(50-48)37-19-11-21-44-46(37)39-29-33(24-27-43(39)52-44)32-23-25-41-38(28-32)45-35-17-8-7-12-30(35)22-26-42(45)51(41)34-15-5-2-6-16-34/h1-29H. The van der Waals surface area contributed by atoms with Gasteiger partial charge in [0.2, 0.25) is 0 Å². The first-order valence-electron chi connectivity index (χ1n) is 17.6. The third-order valence-corrected chi connectivity index (χ3v) is 10.4. The van der Waals surface area contributed by atoms with Crippen LogP contribution in [0.25, 0.3) is 105 Å². The molecule has 0 unspecified atom stereocenters. The Balaban J connectivity index is 1.15. The minimum Gasteiger partial charge on any atom is -0.456 e. The maximum Gasteiger partial charge on any atom is 0.160 e. The summed E-state index contributed by atoms with van der Waals surface area (Å²) >= 11 is 0. The van der Waals surface area contributed by atoms with Gasteiger partial charge < -0.3 is 8.98 Å². The van der Waals surface area contributed by atoms with Crippen LogP contribution in [-0.2, 0) is 0 Å². The topological polar surface area (TPSA) is 43.9 Å². The zero-order valence-electron chi connectivity index (χ0n) is 28.0. The van der Waals surface area contributed by atoms with E-state index in [-0.39, 0.29) is 0 Å². The Hall–Kier alpha value is -7.04. The zero-order valence-corrected chi connectivity index (χ0v) is 28.0. The van der Waals surface area contributed by atoms with E-state index < -0.39 is 0 Å². The summed E-state index contributed by atoms with van der Waals surface area (Å²) in [6, 6.07) is 62.0. The number of hydrogen-bond acceptors (Lipinski definition) is 3. The largest absolute Gasteiger partial charge is 0.456 e. The van der Waals surface area contributed by atoms with E-state index >= 15 is 0 Å². The van der Waals surface area contributed by atoms with Crippen LogP contribution in [0, 0.1) is 0 Å². The zero-order chi connectivity index (χ0) is 34.2. The summed E-state index contributed by atoms with van der Waals surface area (Å²) in [4.78, 5) is 10.2. The predicted octanol–water partition coefficient (Wildman–Crippen LogP) is 12.8. The molecule has 0 aliphatic carbocycles. The number of hydrogen-bond donors (Lipinski definition) is 0. The normalized spacial score (nSPS) is 11.8. The molecule has 4 heteroatoms. The van der Waals surface area contributed by atoms with Crippen molar-refractivity contribution in [1.29, 1.82) is 0 Å². The molecular weight excluding hydrogens is 635 g/mol. The molecular formula is C48H29N3O. The van der Waals surface area contributed by atoms with Crippen molar-refractivity contribution >= 4 is 65.4 Å². The van der Waals surface area contributed by atoms with Crippen LogP contribution < -0.4 is 0 Å². The Kier molecular flexibility index (Phi) is 6.22. The molecule has 8 aromatic carbocycles. The van der Waals surface area contributed by atoms with Crippen LogP contribution in [0.4, 0.5) is 0 Å². The second kappa shape index (κ2) is 11.2. The molecule has 0 aliphatic rings. The van der Waals surface area contributed by atoms with Gasteiger partial charge in [-0.05, 0) is 76.5 Å². The van der Waals surface area contributed by atoms with Crippen molar-refractivity contribution < 1.29 is 4.42 Å². The van der Waals surface area contributed by atoms with Gasteiger partial charge in [0.1, 0.15) is 11.2 Å². The Labute approximate surface area is 298 Å². The van der Waals surface area contributed by atoms with Gasteiger partial charge in [-0.2, -0.15) is 0 Å². The average Bonchev–Trinajstić information content (AvgIpc) is 3.76. The number of para-hydroxylation sites is 2. The van der Waals surface area contributed by atoms with Gasteiger partial charge in [-0.15, -0.1) is 0 Å². The Bertz CT molecular complexity index is 3180. The third kappa shape index (κ3) is 4.34. The van der Waals surface area contributed by atoms with Crippen LogP contribution in [0.15, 0.2) is 180 Å². The molecule has 0 saturated heterocycles. The van der Waals surface area contributed by atoms with E-state index in [0.717, 1.165) is 66.5 Å². The van der Waals surface area contributed by atoms with Crippen molar-refractivity contribution in [2.24, 2.45) is 0 Å². The Morgan fingerprint density at radius 3 is 2.00 bits per heavy atom. The van der Waals surface area contributed by atoms with Crippen LogP contribution in [0.1, 0.15) is 0 Å². The smallest absolute Gasteiger partial charge is 0.160 e. The van der Waals surface area contributed by atoms with Crippen molar-refractivity contribution in [3.8, 4) is 39.5 Å². The quantitative estimate of drug-likeness (QED) is 0.188. The second-order valence-corrected chi connectivity index (χ2v) is 13.4. The molecule has 11 aromatic rings. The molecule has 0 fully saturated rings. The summed E-state index contributed by atoms with van der Waals surface area (Å²) in [5, 5.41) is 8.10. The fourth-order valence-electron chi connectivity index (χ4n) is 8.03. The number of aromatic nitrogens is 3. The molecule has 11 rings (SSSR count). The lowest BCUT2D eigenvalue weighted by atomic mass is 9.97. The first-order valence-corrected chi connectivity index (χ1v) is 17.6. The fourth-order valence-corrected chi connectivity index (χ4v) is 8.03. The Morgan fingerprint density at radius 1 is 0.423 bits per heavy atom. The lowest BCUT2D eigenvalue weighted by Gasteiger charge is -2.10. The summed E-state index contributed by atoms with van der Waals surface area (Å²) < 4.78 is 8.90. The van der Waals surface area contributed by atoms with Gasteiger partial charge in [-0.3, -0.25) is 0 Å². The third-order valence-electron chi connectivity index (χ3n) is 10.4. The molecule has 3 heterocycles. The summed E-state index contributed by atoms with van der Waals surface area (Å²) in [5.41, 5.74) is 11.3. The van der Waals surface area contributed by atoms with Gasteiger partial charge >= 0.3 is 0 Å². The summed E-state index contributed by atoms with van der Waals surface area (Å²) in [5.74, 6) is 0.704. The lowest BCUT2D eigenvalue weighted by Crippen LogP contribution is -1.95. The van der Waals surface area contributed by atoms with Gasteiger partial charge in [0.15, 0.2) is 5.82 Å². The summed E-state index contributed by atoms with van der Waals surface area (Å²) in [6.45, 7) is 0. The molecule has 0 spiro atoms. The molecule has 0 bridgehead atoms. The summed E-state index contributed by atoms with van der Waals surface area (Å²) in [7, 11) is 0. The fraction of sp³-hybridized carbons (Fsp3) is 0. The highest BCUT2D eigenvalue weighted by Gasteiger charge is 2.19. The van der Waals surface area contributed by atoms with Crippen molar-refractivity contribution in [1.82, 2.24) is 14.5 Å². The number of nitrogens with zero attached hydrogens (tertiary/aromatic N) is 3. The SMILES string of the molecule is c1ccc(-c2nc(-c3cccc4oc5ccc(-c6ccc7c(c6)c6c8ccccc8ccc6n7-c6ccccc6)cc5c34)c3ccccc3n2)cc1. The minimum absolute atomic E-state index is 0.704. The molecule has 0 aliphatic heterocycles. The van der Waals surface area contributed by atoms with Crippen LogP contribution in [0.5, 0.6) is 0 Å². The van der Waals surface area contributed by atoms with Crippen LogP contribution in [0.3, 0.4) is 0 Å². The van der Waals surface area contributed by atoms with E-state index in [4.69, 9.17) is 14.4 Å². The number of benzene rings is 8. The molecule has 0 saturated carbocycles. The monoisotopic (exact) mass is 663 g/mol. The van der Waals surface area contributed by atoms with Crippen molar-refractivity contribution in [3.05, 3.63) is 176 Å². The van der Waals surface area contributed by atoms with E-state index in [1.807, 2.05) is 24.3 Å². The molecule has 3 aromatic heterocycles. The second-order valence-electron chi connectivity index (χ2n) is 13.4. The highest BCUT2D eigenvalue weighted by molar-refractivity contribution is 6.22. The van der Waals surface area contributed by atoms with E-state index in [1.165, 1.54) is 32.6 Å². The molecule has 4 nitrogen and oxygen atoms in total. The van der Waals surface area contributed by atoms with Crippen molar-refractivity contribution in [2.45, 2.75) is 0 Å². The highest BCUT2D eigenvalue weighted by Crippen LogP contribution is 2.42. The first-order chi connectivity index (χ1) is 25.8. The molecule has 242 valence electrons. The molecule has 0 radical (unpaired) electrons. The van der Waals surface area contributed by atoms with E-state index in [1.54, 1.807) is 0 Å². The van der Waals surface area contributed by atoms with Crippen LogP contribution in [-0.4, -0.2) is 14.5 Å². The van der Waals surface area contributed by atoms with Crippen molar-refractivity contribution in [3.63, 3.8) is 0 Å². The van der Waals surface area contributed by atoms with E-state index in [9.17, 15) is 0 Å². The summed E-state index contributed by atoms with van der Waals surface area (Å²) in [6.07, 6.45) is 0. The number of furan rings is 1. The van der Waals surface area contributed by atoms with Crippen LogP contribution in [0.2, 0.25) is 0 Å². The molecule has 52 heavy (non-hydrogen) atoms.